The number of amides is 4. The number of likely N-dealkylation sites (tertiary alicyclic amines) is 2. The van der Waals surface area contributed by atoms with Gasteiger partial charge in [0.05, 0.1) is 56.7 Å². The van der Waals surface area contributed by atoms with Crippen LogP contribution in [0.2, 0.25) is 0 Å². The summed E-state index contributed by atoms with van der Waals surface area (Å²) in [6, 6.07) is 23.3. The lowest BCUT2D eigenvalue weighted by Crippen LogP contribution is -2.51. The van der Waals surface area contributed by atoms with Gasteiger partial charge in [-0.15, -0.1) is 0 Å². The number of alkyl carbamates (subject to hydrolysis) is 2. The second kappa shape index (κ2) is 18.8. The van der Waals surface area contributed by atoms with Crippen LogP contribution in [0.1, 0.15) is 75.4 Å². The lowest BCUT2D eigenvalue weighted by atomic mass is 10.0. The molecule has 0 radical (unpaired) electrons. The first-order chi connectivity index (χ1) is 29.5. The Balaban J connectivity index is 1.03. The summed E-state index contributed by atoms with van der Waals surface area (Å²) in [5.74, 6) is 0.935. The van der Waals surface area contributed by atoms with Gasteiger partial charge in [-0.3, -0.25) is 9.59 Å². The minimum atomic E-state index is -0.902. The number of nitrogens with one attached hydrogen (secondary N) is 4. The Hall–Kier alpha value is -6.48. The zero-order valence-electron chi connectivity index (χ0n) is 35.4. The summed E-state index contributed by atoms with van der Waals surface area (Å²) < 4.78 is 15.1. The van der Waals surface area contributed by atoms with Crippen LogP contribution in [0.15, 0.2) is 91.3 Å². The van der Waals surface area contributed by atoms with Gasteiger partial charge in [0.2, 0.25) is 5.91 Å². The molecule has 15 nitrogen and oxygen atoms in total. The van der Waals surface area contributed by atoms with E-state index < -0.39 is 24.3 Å². The van der Waals surface area contributed by atoms with Crippen molar-refractivity contribution < 1.29 is 33.4 Å². The van der Waals surface area contributed by atoms with E-state index in [1.54, 1.807) is 24.4 Å². The second-order valence-corrected chi connectivity index (χ2v) is 16.1. The predicted octanol–water partition coefficient (Wildman–Crippen LogP) is 7.20. The third-order valence-electron chi connectivity index (χ3n) is 11.8. The number of nitrogens with zero attached hydrogens (tertiary/aromatic N) is 4. The number of rotatable bonds is 13. The highest BCUT2D eigenvalue weighted by molar-refractivity contribution is 5.88. The molecule has 7 rings (SSSR count). The van der Waals surface area contributed by atoms with Gasteiger partial charge >= 0.3 is 12.2 Å². The normalized spacial score (nSPS) is 19.7. The summed E-state index contributed by atoms with van der Waals surface area (Å²) in [5.41, 5.74) is 6.32. The van der Waals surface area contributed by atoms with Crippen LogP contribution in [0.25, 0.3) is 33.6 Å². The number of carbonyl (C=O) groups excluding carboxylic acids is 4. The highest BCUT2D eigenvalue weighted by atomic mass is 16.5. The molecule has 0 bridgehead atoms. The second-order valence-electron chi connectivity index (χ2n) is 16.1. The molecule has 4 N–H and O–H groups in total. The number of ether oxygens (including phenoxy) is 3. The molecule has 15 heteroatoms. The molecule has 2 aliphatic rings. The molecule has 2 fully saturated rings. The van der Waals surface area contributed by atoms with Crippen LogP contribution < -0.4 is 10.6 Å². The molecule has 0 aliphatic carbocycles. The van der Waals surface area contributed by atoms with Gasteiger partial charge in [0.1, 0.15) is 23.7 Å². The topological polar surface area (TPSA) is 184 Å². The van der Waals surface area contributed by atoms with Gasteiger partial charge in [-0.05, 0) is 59.9 Å². The molecule has 4 heterocycles. The zero-order valence-corrected chi connectivity index (χ0v) is 35.4. The molecule has 4 amide bonds. The van der Waals surface area contributed by atoms with Crippen molar-refractivity contribution >= 4 is 24.0 Å². The number of carbonyl (C=O) groups is 4. The highest BCUT2D eigenvalue weighted by Crippen LogP contribution is 2.39. The summed E-state index contributed by atoms with van der Waals surface area (Å²) in [5, 5.41) is 5.44. The van der Waals surface area contributed by atoms with Crippen LogP contribution >= 0.6 is 0 Å². The number of benzene rings is 3. The molecule has 6 unspecified atom stereocenters. The number of imidazole rings is 2. The standard InChI is InChI=1S/C46H54N8O7/c1-27(2)39(51-45(57)60-5)43(55)53-25-29(26-59-4)22-38(53)42-48-24-36(50-42)33-19-15-31(16-20-33)30-13-17-32(18-14-30)35-23-47-41(49-35)37-21-12-28(3)54(37)44(56)40(52-46(58)61-6)34-10-8-7-9-11-34/h7-11,13-20,23-24,27-29,37-40H,12,21-22,25-26H2,1-6H3,(H,47,49)(H,48,50)(H,51,57)(H,52,58). The summed E-state index contributed by atoms with van der Waals surface area (Å²) in [4.78, 5) is 72.4. The van der Waals surface area contributed by atoms with Crippen LogP contribution in [-0.2, 0) is 23.8 Å². The Morgan fingerprint density at radius 3 is 1.80 bits per heavy atom. The van der Waals surface area contributed by atoms with Crippen molar-refractivity contribution in [1.82, 2.24) is 40.4 Å². The monoisotopic (exact) mass is 830 g/mol. The summed E-state index contributed by atoms with van der Waals surface area (Å²) in [6.45, 7) is 6.79. The predicted molar refractivity (Wildman–Crippen MR) is 229 cm³/mol. The maximum absolute atomic E-state index is 14.1. The van der Waals surface area contributed by atoms with E-state index in [2.05, 4.69) is 44.9 Å². The van der Waals surface area contributed by atoms with E-state index in [1.807, 2.05) is 80.3 Å². The molecule has 0 spiro atoms. The molecule has 2 saturated heterocycles. The molecule has 6 atom stereocenters. The lowest BCUT2D eigenvalue weighted by Gasteiger charge is -2.31. The fraction of sp³-hybridized carbons (Fsp3) is 0.391. The van der Waals surface area contributed by atoms with Gasteiger partial charge in [-0.25, -0.2) is 19.6 Å². The molecular formula is C46H54N8O7. The Labute approximate surface area is 355 Å². The van der Waals surface area contributed by atoms with E-state index in [-0.39, 0.29) is 41.8 Å². The number of H-pyrrole nitrogens is 2. The fourth-order valence-electron chi connectivity index (χ4n) is 8.53. The summed E-state index contributed by atoms with van der Waals surface area (Å²) >= 11 is 0. The first kappa shape index (κ1) is 42.6. The summed E-state index contributed by atoms with van der Waals surface area (Å²) in [7, 11) is 4.22. The van der Waals surface area contributed by atoms with Crippen molar-refractivity contribution in [3.05, 3.63) is 108 Å². The largest absolute Gasteiger partial charge is 0.453 e. The van der Waals surface area contributed by atoms with Crippen molar-refractivity contribution in [2.75, 3.05) is 34.5 Å². The number of aromatic nitrogens is 4. The Kier molecular flexibility index (Phi) is 13.2. The smallest absolute Gasteiger partial charge is 0.407 e. The van der Waals surface area contributed by atoms with Gasteiger partial charge in [0.15, 0.2) is 0 Å². The number of aromatic amines is 2. The molecule has 0 saturated carbocycles. The Bertz CT molecular complexity index is 2290. The quantitative estimate of drug-likeness (QED) is 0.0953. The van der Waals surface area contributed by atoms with Crippen molar-refractivity contribution in [2.24, 2.45) is 11.8 Å². The third-order valence-corrected chi connectivity index (χ3v) is 11.8. The maximum atomic E-state index is 14.1. The first-order valence-electron chi connectivity index (χ1n) is 20.7. The van der Waals surface area contributed by atoms with Crippen LogP contribution in [0.3, 0.4) is 0 Å². The first-order valence-corrected chi connectivity index (χ1v) is 20.7. The molecule has 2 aliphatic heterocycles. The molecule has 320 valence electrons. The van der Waals surface area contributed by atoms with Gasteiger partial charge in [-0.2, -0.15) is 0 Å². The zero-order chi connectivity index (χ0) is 43.2. The third kappa shape index (κ3) is 9.31. The van der Waals surface area contributed by atoms with Gasteiger partial charge in [-0.1, -0.05) is 92.7 Å². The fourth-order valence-corrected chi connectivity index (χ4v) is 8.53. The Morgan fingerprint density at radius 1 is 0.721 bits per heavy atom. The lowest BCUT2D eigenvalue weighted by molar-refractivity contribution is -0.137. The van der Waals surface area contributed by atoms with Crippen LogP contribution in [0.5, 0.6) is 0 Å². The number of hydrogen-bond donors (Lipinski definition) is 4. The minimum absolute atomic E-state index is 0.0549. The number of hydrogen-bond acceptors (Lipinski definition) is 9. The van der Waals surface area contributed by atoms with E-state index in [4.69, 9.17) is 24.2 Å². The van der Waals surface area contributed by atoms with E-state index in [9.17, 15) is 19.2 Å². The summed E-state index contributed by atoms with van der Waals surface area (Å²) in [6.07, 6.45) is 4.47. The molecular weight excluding hydrogens is 777 g/mol. The van der Waals surface area contributed by atoms with E-state index >= 15 is 0 Å². The minimum Gasteiger partial charge on any atom is -0.453 e. The van der Waals surface area contributed by atoms with Gasteiger partial charge in [0.25, 0.3) is 5.91 Å². The van der Waals surface area contributed by atoms with Crippen molar-refractivity contribution in [3.8, 4) is 33.6 Å². The van der Waals surface area contributed by atoms with E-state index in [1.165, 1.54) is 14.2 Å². The van der Waals surface area contributed by atoms with Crippen molar-refractivity contribution in [1.29, 1.82) is 0 Å². The Morgan fingerprint density at radius 2 is 1.26 bits per heavy atom. The van der Waals surface area contributed by atoms with Crippen molar-refractivity contribution in [3.63, 3.8) is 0 Å². The average molecular weight is 831 g/mol. The van der Waals surface area contributed by atoms with Crippen LogP contribution in [0, 0.1) is 11.8 Å². The average Bonchev–Trinajstić information content (AvgIpc) is 4.11. The SMILES string of the molecule is COCC1CC(c2ncc(-c3ccc(-c4ccc(-c5cnc(C6CCC(C)N6C(=O)C(NC(=O)OC)c6ccccc6)[nH]5)cc4)cc3)[nH]2)N(C(=O)C(NC(=O)OC)C(C)C)C1. The number of methoxy groups -OCH3 is 3. The molecule has 2 aromatic heterocycles. The van der Waals surface area contributed by atoms with E-state index in [0.29, 0.717) is 36.8 Å². The van der Waals surface area contributed by atoms with Crippen molar-refractivity contribution in [2.45, 2.75) is 70.2 Å². The molecule has 61 heavy (non-hydrogen) atoms. The maximum Gasteiger partial charge on any atom is 0.407 e. The van der Waals surface area contributed by atoms with Crippen LogP contribution in [-0.4, -0.2) is 100 Å². The molecule has 3 aromatic carbocycles. The van der Waals surface area contributed by atoms with Crippen LogP contribution in [0.4, 0.5) is 9.59 Å². The van der Waals surface area contributed by atoms with E-state index in [0.717, 1.165) is 46.5 Å². The van der Waals surface area contributed by atoms with Gasteiger partial charge in [0, 0.05) is 25.6 Å². The molecule has 5 aromatic rings. The van der Waals surface area contributed by atoms with Gasteiger partial charge < -0.3 is 44.6 Å². The highest BCUT2D eigenvalue weighted by Gasteiger charge is 2.42.